The zero-order valence-corrected chi connectivity index (χ0v) is 20.1. The summed E-state index contributed by atoms with van der Waals surface area (Å²) in [6, 6.07) is 10.8. The number of amides is 1. The molecule has 0 aliphatic carbocycles. The van der Waals surface area contributed by atoms with Crippen LogP contribution in [0.2, 0.25) is 0 Å². The Bertz CT molecular complexity index is 1260. The number of morpholine rings is 1. The summed E-state index contributed by atoms with van der Waals surface area (Å²) in [6.45, 7) is 3.49. The SMILES string of the molecule is CC(NC(=O)c1sc(-c2ccccc2N2CCOCC2)nc1C(F)(F)F)c1cccc(OC(F)(F)F)c1. The van der Waals surface area contributed by atoms with Crippen LogP contribution in [-0.4, -0.2) is 43.6 Å². The van der Waals surface area contributed by atoms with Gasteiger partial charge in [-0.05, 0) is 36.8 Å². The number of alkyl halides is 6. The molecule has 1 fully saturated rings. The molecular weight excluding hydrogens is 524 g/mol. The van der Waals surface area contributed by atoms with Gasteiger partial charge < -0.3 is 19.7 Å². The lowest BCUT2D eigenvalue weighted by Crippen LogP contribution is -2.36. The second-order valence-electron chi connectivity index (χ2n) is 8.13. The largest absolute Gasteiger partial charge is 0.573 e. The van der Waals surface area contributed by atoms with Crippen molar-refractivity contribution in [1.29, 1.82) is 0 Å². The molecule has 1 aliphatic heterocycles. The number of benzene rings is 2. The van der Waals surface area contributed by atoms with E-state index in [0.717, 1.165) is 12.1 Å². The summed E-state index contributed by atoms with van der Waals surface area (Å²) in [5.41, 5.74) is 0.00766. The summed E-state index contributed by atoms with van der Waals surface area (Å²) >= 11 is 0.599. The zero-order chi connectivity index (χ0) is 26.8. The van der Waals surface area contributed by atoms with Crippen LogP contribution in [0.15, 0.2) is 48.5 Å². The van der Waals surface area contributed by atoms with Crippen molar-refractivity contribution in [2.75, 3.05) is 31.2 Å². The second kappa shape index (κ2) is 10.6. The third-order valence-corrected chi connectivity index (χ3v) is 6.61. The Morgan fingerprint density at radius 1 is 1.08 bits per heavy atom. The van der Waals surface area contributed by atoms with Crippen molar-refractivity contribution >= 4 is 22.9 Å². The lowest BCUT2D eigenvalue weighted by atomic mass is 10.1. The molecule has 1 amide bonds. The molecule has 13 heteroatoms. The van der Waals surface area contributed by atoms with Gasteiger partial charge in [0.05, 0.1) is 19.3 Å². The minimum atomic E-state index is -4.91. The van der Waals surface area contributed by atoms with Crippen LogP contribution in [0.1, 0.15) is 33.9 Å². The number of ether oxygens (including phenoxy) is 2. The maximum atomic E-state index is 13.9. The van der Waals surface area contributed by atoms with E-state index in [1.807, 2.05) is 4.90 Å². The number of anilines is 1. The summed E-state index contributed by atoms with van der Waals surface area (Å²) in [4.78, 5) is 18.1. The summed E-state index contributed by atoms with van der Waals surface area (Å²) in [6.07, 6.45) is -9.82. The van der Waals surface area contributed by atoms with E-state index in [9.17, 15) is 31.1 Å². The fourth-order valence-electron chi connectivity index (χ4n) is 3.84. The molecule has 4 rings (SSSR count). The van der Waals surface area contributed by atoms with Crippen LogP contribution in [0, 0.1) is 0 Å². The van der Waals surface area contributed by atoms with Crippen LogP contribution in [0.25, 0.3) is 10.6 Å². The Kier molecular flexibility index (Phi) is 7.64. The van der Waals surface area contributed by atoms with Gasteiger partial charge in [-0.1, -0.05) is 24.3 Å². The van der Waals surface area contributed by atoms with Crippen LogP contribution in [-0.2, 0) is 10.9 Å². The van der Waals surface area contributed by atoms with Crippen molar-refractivity contribution < 1.29 is 40.6 Å². The number of thiazole rings is 1. The van der Waals surface area contributed by atoms with E-state index >= 15 is 0 Å². The summed E-state index contributed by atoms with van der Waals surface area (Å²) in [5, 5.41) is 2.45. The fraction of sp³-hybridized carbons (Fsp3) is 0.333. The number of hydrogen-bond donors (Lipinski definition) is 1. The van der Waals surface area contributed by atoms with E-state index in [1.165, 1.54) is 19.1 Å². The highest BCUT2D eigenvalue weighted by atomic mass is 32.1. The van der Waals surface area contributed by atoms with Crippen molar-refractivity contribution in [3.63, 3.8) is 0 Å². The van der Waals surface area contributed by atoms with Crippen molar-refractivity contribution in [1.82, 2.24) is 10.3 Å². The maximum Gasteiger partial charge on any atom is 0.573 e. The first-order valence-electron chi connectivity index (χ1n) is 11.1. The zero-order valence-electron chi connectivity index (χ0n) is 19.3. The quantitative estimate of drug-likeness (QED) is 0.382. The standard InChI is InChI=1S/C24H21F6N3O3S/c1-14(15-5-4-6-16(13-15)36-24(28,29)30)31-21(34)19-20(23(25,26)27)32-22(37-19)17-7-2-3-8-18(17)33-9-11-35-12-10-33/h2-8,13-14H,9-12H2,1H3,(H,31,34). The van der Waals surface area contributed by atoms with Gasteiger partial charge in [0.1, 0.15) is 15.6 Å². The molecule has 0 radical (unpaired) electrons. The van der Waals surface area contributed by atoms with Gasteiger partial charge in [0.15, 0.2) is 5.69 Å². The third-order valence-electron chi connectivity index (χ3n) is 5.53. The molecule has 0 spiro atoms. The van der Waals surface area contributed by atoms with Gasteiger partial charge in [-0.2, -0.15) is 13.2 Å². The average Bonchev–Trinajstić information content (AvgIpc) is 3.30. The number of aromatic nitrogens is 1. The minimum Gasteiger partial charge on any atom is -0.406 e. The van der Waals surface area contributed by atoms with Crippen LogP contribution in [0.5, 0.6) is 5.75 Å². The van der Waals surface area contributed by atoms with E-state index in [1.54, 1.807) is 24.3 Å². The second-order valence-corrected chi connectivity index (χ2v) is 9.13. The van der Waals surface area contributed by atoms with Gasteiger partial charge in [0.2, 0.25) is 0 Å². The molecule has 1 atom stereocenters. The molecule has 2 heterocycles. The van der Waals surface area contributed by atoms with Gasteiger partial charge in [-0.15, -0.1) is 24.5 Å². The van der Waals surface area contributed by atoms with Crippen LogP contribution in [0.3, 0.4) is 0 Å². The Balaban J connectivity index is 1.63. The maximum absolute atomic E-state index is 13.9. The molecule has 1 aromatic heterocycles. The normalized spacial score (nSPS) is 15.4. The molecule has 3 aromatic rings. The van der Waals surface area contributed by atoms with Gasteiger partial charge >= 0.3 is 12.5 Å². The molecule has 1 unspecified atom stereocenters. The molecule has 1 saturated heterocycles. The number of hydrogen-bond acceptors (Lipinski definition) is 6. The lowest BCUT2D eigenvalue weighted by Gasteiger charge is -2.30. The van der Waals surface area contributed by atoms with E-state index in [4.69, 9.17) is 4.74 Å². The first-order valence-corrected chi connectivity index (χ1v) is 11.9. The van der Waals surface area contributed by atoms with Gasteiger partial charge in [-0.25, -0.2) is 4.98 Å². The molecule has 0 saturated carbocycles. The molecule has 198 valence electrons. The molecule has 0 bridgehead atoms. The van der Waals surface area contributed by atoms with E-state index in [0.29, 0.717) is 48.9 Å². The van der Waals surface area contributed by atoms with Crippen molar-refractivity contribution in [2.45, 2.75) is 25.5 Å². The number of nitrogens with zero attached hydrogens (tertiary/aromatic N) is 2. The predicted octanol–water partition coefficient (Wildman–Crippen LogP) is 6.06. The Morgan fingerprint density at radius 3 is 2.46 bits per heavy atom. The molecule has 6 nitrogen and oxygen atoms in total. The Morgan fingerprint density at radius 2 is 1.78 bits per heavy atom. The molecule has 1 N–H and O–H groups in total. The fourth-order valence-corrected chi connectivity index (χ4v) is 4.86. The first kappa shape index (κ1) is 26.7. The first-order chi connectivity index (χ1) is 17.4. The number of rotatable bonds is 6. The lowest BCUT2D eigenvalue weighted by molar-refractivity contribution is -0.274. The van der Waals surface area contributed by atoms with Gasteiger partial charge in [-0.3, -0.25) is 4.79 Å². The van der Waals surface area contributed by atoms with Crippen molar-refractivity contribution in [3.05, 3.63) is 64.7 Å². The van der Waals surface area contributed by atoms with Crippen LogP contribution < -0.4 is 15.0 Å². The minimum absolute atomic E-state index is 0.0211. The molecule has 37 heavy (non-hydrogen) atoms. The van der Waals surface area contributed by atoms with Gasteiger partial charge in [0.25, 0.3) is 5.91 Å². The average molecular weight is 546 g/mol. The summed E-state index contributed by atoms with van der Waals surface area (Å²) in [5.74, 6) is -1.56. The number of carbonyl (C=O) groups is 1. The third kappa shape index (κ3) is 6.52. The topological polar surface area (TPSA) is 63.7 Å². The highest BCUT2D eigenvalue weighted by Crippen LogP contribution is 2.41. The number of halogens is 6. The molecule has 2 aromatic carbocycles. The smallest absolute Gasteiger partial charge is 0.406 e. The monoisotopic (exact) mass is 545 g/mol. The van der Waals surface area contributed by atoms with Crippen LogP contribution >= 0.6 is 11.3 Å². The number of nitrogens with one attached hydrogen (secondary N) is 1. The molecular formula is C24H21F6N3O3S. The van der Waals surface area contributed by atoms with E-state index in [2.05, 4.69) is 15.0 Å². The Hall–Kier alpha value is -3.32. The highest BCUT2D eigenvalue weighted by Gasteiger charge is 2.40. The van der Waals surface area contributed by atoms with E-state index in [-0.39, 0.29) is 10.6 Å². The predicted molar refractivity (Wildman–Crippen MR) is 125 cm³/mol. The molecule has 1 aliphatic rings. The van der Waals surface area contributed by atoms with E-state index < -0.39 is 40.8 Å². The van der Waals surface area contributed by atoms with Crippen LogP contribution in [0.4, 0.5) is 32.0 Å². The number of carbonyl (C=O) groups excluding carboxylic acids is 1. The summed E-state index contributed by atoms with van der Waals surface area (Å²) < 4.78 is 88.5. The summed E-state index contributed by atoms with van der Waals surface area (Å²) in [7, 11) is 0. The van der Waals surface area contributed by atoms with Crippen molar-refractivity contribution in [2.24, 2.45) is 0 Å². The Labute approximate surface area is 211 Å². The van der Waals surface area contributed by atoms with Gasteiger partial charge in [0, 0.05) is 24.3 Å². The van der Waals surface area contributed by atoms with Crippen molar-refractivity contribution in [3.8, 4) is 16.3 Å². The number of para-hydroxylation sites is 1. The highest BCUT2D eigenvalue weighted by molar-refractivity contribution is 7.17.